The molecule has 1 N–H and O–H groups in total. The first-order valence-corrected chi connectivity index (χ1v) is 6.75. The average Bonchev–Trinajstić information content (AvgIpc) is 2.40. The lowest BCUT2D eigenvalue weighted by Crippen LogP contribution is -2.43. The number of likely N-dealkylation sites (N-methyl/N-ethyl adjacent to an activating group) is 1. The van der Waals surface area contributed by atoms with Gasteiger partial charge in [-0.1, -0.05) is 23.7 Å². The molecule has 0 radical (unpaired) electrons. The van der Waals surface area contributed by atoms with Crippen LogP contribution < -0.4 is 5.32 Å². The van der Waals surface area contributed by atoms with Crippen molar-refractivity contribution < 1.29 is 4.79 Å². The van der Waals surface area contributed by atoms with Crippen LogP contribution in [-0.4, -0.2) is 43.4 Å². The van der Waals surface area contributed by atoms with E-state index in [1.807, 2.05) is 19.2 Å². The number of carbonyl (C=O) groups is 1. The fourth-order valence-corrected chi connectivity index (χ4v) is 2.62. The maximum atomic E-state index is 12.2. The van der Waals surface area contributed by atoms with Crippen molar-refractivity contribution in [3.63, 3.8) is 0 Å². The Morgan fingerprint density at radius 1 is 1.39 bits per heavy atom. The van der Waals surface area contributed by atoms with Gasteiger partial charge in [0.05, 0.1) is 11.6 Å². The molecule has 0 aliphatic carbocycles. The highest BCUT2D eigenvalue weighted by atomic mass is 35.5. The average molecular weight is 267 g/mol. The van der Waals surface area contributed by atoms with Gasteiger partial charge in [0.1, 0.15) is 0 Å². The molecule has 0 bridgehead atoms. The topological polar surface area (TPSA) is 32.3 Å². The molecule has 1 heterocycles. The number of ketones is 1. The molecule has 0 saturated carbocycles. The third-order valence-electron chi connectivity index (χ3n) is 3.50. The van der Waals surface area contributed by atoms with Crippen molar-refractivity contribution in [1.29, 1.82) is 0 Å². The molecule has 1 saturated heterocycles. The summed E-state index contributed by atoms with van der Waals surface area (Å²) < 4.78 is 0. The molecule has 4 heteroatoms. The van der Waals surface area contributed by atoms with Gasteiger partial charge in [-0.3, -0.25) is 9.69 Å². The zero-order valence-electron chi connectivity index (χ0n) is 10.7. The number of hydrogen-bond donors (Lipinski definition) is 1. The fourth-order valence-electron chi connectivity index (χ4n) is 2.38. The fraction of sp³-hybridized carbons (Fsp3) is 0.500. The molecule has 1 fully saturated rings. The number of halogens is 1. The number of nitrogens with one attached hydrogen (secondary N) is 1. The molecular formula is C14H19ClN2O. The molecule has 1 aromatic rings. The van der Waals surface area contributed by atoms with Crippen LogP contribution in [0.25, 0.3) is 0 Å². The molecule has 1 aromatic carbocycles. The highest BCUT2D eigenvalue weighted by Gasteiger charge is 2.20. The summed E-state index contributed by atoms with van der Waals surface area (Å²) in [5, 5.41) is 3.87. The van der Waals surface area contributed by atoms with Gasteiger partial charge in [-0.15, -0.1) is 0 Å². The minimum absolute atomic E-state index is 0.0987. The Labute approximate surface area is 113 Å². The molecule has 2 rings (SSSR count). The lowest BCUT2D eigenvalue weighted by molar-refractivity contribution is 0.0903. The zero-order chi connectivity index (χ0) is 13.0. The van der Waals surface area contributed by atoms with E-state index < -0.39 is 0 Å². The van der Waals surface area contributed by atoms with Crippen LogP contribution in [0, 0.1) is 0 Å². The second kappa shape index (κ2) is 6.32. The molecule has 0 aromatic heterocycles. The summed E-state index contributed by atoms with van der Waals surface area (Å²) in [4.78, 5) is 14.3. The van der Waals surface area contributed by atoms with Crippen LogP contribution in [0.4, 0.5) is 0 Å². The second-order valence-electron chi connectivity index (χ2n) is 4.80. The number of carbonyl (C=O) groups excluding carboxylic acids is 1. The van der Waals surface area contributed by atoms with Crippen molar-refractivity contribution >= 4 is 17.4 Å². The summed E-state index contributed by atoms with van der Waals surface area (Å²) in [6.45, 7) is 2.51. The first kappa shape index (κ1) is 13.5. The number of benzene rings is 1. The molecular weight excluding hydrogens is 248 g/mol. The first-order valence-electron chi connectivity index (χ1n) is 6.37. The van der Waals surface area contributed by atoms with E-state index in [4.69, 9.17) is 11.6 Å². The Bertz CT molecular complexity index is 416. The van der Waals surface area contributed by atoms with Gasteiger partial charge in [-0.05, 0) is 45.1 Å². The van der Waals surface area contributed by atoms with Crippen LogP contribution >= 0.6 is 11.6 Å². The Hall–Kier alpha value is -0.900. The minimum atomic E-state index is 0.0987. The molecule has 1 aliphatic heterocycles. The predicted octanol–water partition coefficient (Wildman–Crippen LogP) is 2.21. The SMILES string of the molecule is CN(CC(=O)c1ccccc1Cl)C1CCNCC1. The van der Waals surface area contributed by atoms with E-state index in [1.165, 1.54) is 0 Å². The predicted molar refractivity (Wildman–Crippen MR) is 74.3 cm³/mol. The summed E-state index contributed by atoms with van der Waals surface area (Å²) in [5.74, 6) is 0.0987. The highest BCUT2D eigenvalue weighted by molar-refractivity contribution is 6.34. The number of nitrogens with zero attached hydrogens (tertiary/aromatic N) is 1. The summed E-state index contributed by atoms with van der Waals surface area (Å²) in [6, 6.07) is 7.75. The van der Waals surface area contributed by atoms with E-state index in [0.29, 0.717) is 23.2 Å². The molecule has 0 unspecified atom stereocenters. The summed E-state index contributed by atoms with van der Waals surface area (Å²) in [5.41, 5.74) is 0.625. The molecule has 18 heavy (non-hydrogen) atoms. The molecule has 98 valence electrons. The van der Waals surface area contributed by atoms with E-state index in [2.05, 4.69) is 10.2 Å². The molecule has 0 spiro atoms. The maximum absolute atomic E-state index is 12.2. The van der Waals surface area contributed by atoms with Crippen molar-refractivity contribution in [3.05, 3.63) is 34.9 Å². The Morgan fingerprint density at radius 2 is 2.06 bits per heavy atom. The molecule has 0 amide bonds. The van der Waals surface area contributed by atoms with Gasteiger partial charge < -0.3 is 5.32 Å². The van der Waals surface area contributed by atoms with Crippen LogP contribution in [0.15, 0.2) is 24.3 Å². The smallest absolute Gasteiger partial charge is 0.178 e. The Balaban J connectivity index is 1.96. The second-order valence-corrected chi connectivity index (χ2v) is 5.21. The summed E-state index contributed by atoms with van der Waals surface area (Å²) in [6.07, 6.45) is 2.21. The van der Waals surface area contributed by atoms with Gasteiger partial charge in [-0.2, -0.15) is 0 Å². The van der Waals surface area contributed by atoms with Crippen molar-refractivity contribution in [3.8, 4) is 0 Å². The van der Waals surface area contributed by atoms with Gasteiger partial charge in [0.15, 0.2) is 5.78 Å². The maximum Gasteiger partial charge on any atom is 0.178 e. The first-order chi connectivity index (χ1) is 8.68. The van der Waals surface area contributed by atoms with Crippen LogP contribution in [0.5, 0.6) is 0 Å². The van der Waals surface area contributed by atoms with E-state index in [9.17, 15) is 4.79 Å². The minimum Gasteiger partial charge on any atom is -0.317 e. The normalized spacial score (nSPS) is 17.1. The van der Waals surface area contributed by atoms with Crippen molar-refractivity contribution in [2.75, 3.05) is 26.7 Å². The van der Waals surface area contributed by atoms with Gasteiger partial charge in [0, 0.05) is 11.6 Å². The number of piperidine rings is 1. The van der Waals surface area contributed by atoms with Crippen molar-refractivity contribution in [2.24, 2.45) is 0 Å². The van der Waals surface area contributed by atoms with Crippen LogP contribution in [0.2, 0.25) is 5.02 Å². The number of hydrogen-bond acceptors (Lipinski definition) is 3. The van der Waals surface area contributed by atoms with Gasteiger partial charge in [0.25, 0.3) is 0 Å². The number of rotatable bonds is 4. The van der Waals surface area contributed by atoms with E-state index >= 15 is 0 Å². The van der Waals surface area contributed by atoms with Gasteiger partial charge in [-0.25, -0.2) is 0 Å². The van der Waals surface area contributed by atoms with Crippen LogP contribution in [-0.2, 0) is 0 Å². The van der Waals surface area contributed by atoms with Crippen molar-refractivity contribution in [2.45, 2.75) is 18.9 Å². The van der Waals surface area contributed by atoms with Crippen LogP contribution in [0.3, 0.4) is 0 Å². The standard InChI is InChI=1S/C14H19ClN2O/c1-17(11-6-8-16-9-7-11)10-14(18)12-4-2-3-5-13(12)15/h2-5,11,16H,6-10H2,1H3. The highest BCUT2D eigenvalue weighted by Crippen LogP contribution is 2.17. The quantitative estimate of drug-likeness (QED) is 0.848. The third kappa shape index (κ3) is 3.31. The number of Topliss-reactive ketones (excluding diaryl/α,β-unsaturated/α-hetero) is 1. The van der Waals surface area contributed by atoms with Crippen molar-refractivity contribution in [1.82, 2.24) is 10.2 Å². The van der Waals surface area contributed by atoms with Gasteiger partial charge >= 0.3 is 0 Å². The van der Waals surface area contributed by atoms with Crippen LogP contribution in [0.1, 0.15) is 23.2 Å². The molecule has 0 atom stereocenters. The lowest BCUT2D eigenvalue weighted by Gasteiger charge is -2.31. The largest absolute Gasteiger partial charge is 0.317 e. The Kier molecular flexibility index (Phi) is 4.75. The monoisotopic (exact) mass is 266 g/mol. The molecule has 1 aliphatic rings. The zero-order valence-corrected chi connectivity index (χ0v) is 11.4. The van der Waals surface area contributed by atoms with Gasteiger partial charge in [0.2, 0.25) is 0 Å². The van der Waals surface area contributed by atoms with E-state index in [0.717, 1.165) is 25.9 Å². The summed E-state index contributed by atoms with van der Waals surface area (Å²) in [7, 11) is 2.02. The van der Waals surface area contributed by atoms with E-state index in [-0.39, 0.29) is 5.78 Å². The lowest BCUT2D eigenvalue weighted by atomic mass is 10.0. The third-order valence-corrected chi connectivity index (χ3v) is 3.83. The molecule has 3 nitrogen and oxygen atoms in total. The summed E-state index contributed by atoms with van der Waals surface area (Å²) >= 11 is 6.04. The van der Waals surface area contributed by atoms with E-state index in [1.54, 1.807) is 12.1 Å². The Morgan fingerprint density at radius 3 is 2.72 bits per heavy atom.